The fourth-order valence-corrected chi connectivity index (χ4v) is 2.38. The second-order valence-corrected chi connectivity index (χ2v) is 5.51. The molecule has 0 bridgehead atoms. The molecule has 0 saturated carbocycles. The van der Waals surface area contributed by atoms with E-state index in [0.717, 1.165) is 10.9 Å². The van der Waals surface area contributed by atoms with Gasteiger partial charge in [0, 0.05) is 4.47 Å². The van der Waals surface area contributed by atoms with Crippen LogP contribution in [0.3, 0.4) is 0 Å². The molecule has 1 unspecified atom stereocenters. The number of amidine groups is 1. The maximum absolute atomic E-state index is 8.80. The highest BCUT2D eigenvalue weighted by atomic mass is 79.9. The lowest BCUT2D eigenvalue weighted by Gasteiger charge is -2.19. The second-order valence-electron chi connectivity index (χ2n) is 4.66. The number of oxime groups is 1. The monoisotopic (exact) mass is 314 g/mol. The van der Waals surface area contributed by atoms with E-state index in [1.807, 2.05) is 25.1 Å². The minimum Gasteiger partial charge on any atom is -0.490 e. The SMILES string of the molecule is CC(C)CC(C)Oc1cccc(Br)c1/C(N)=N/O. The first-order chi connectivity index (χ1) is 8.45. The van der Waals surface area contributed by atoms with Crippen molar-refractivity contribution < 1.29 is 9.94 Å². The number of nitrogens with two attached hydrogens (primary N) is 1. The van der Waals surface area contributed by atoms with Crippen molar-refractivity contribution in [3.05, 3.63) is 28.2 Å². The molecule has 0 aliphatic heterocycles. The Hall–Kier alpha value is -1.23. The van der Waals surface area contributed by atoms with Gasteiger partial charge in [-0.25, -0.2) is 0 Å². The van der Waals surface area contributed by atoms with E-state index in [1.54, 1.807) is 0 Å². The van der Waals surface area contributed by atoms with Crippen molar-refractivity contribution in [2.75, 3.05) is 0 Å². The summed E-state index contributed by atoms with van der Waals surface area (Å²) in [5.74, 6) is 1.21. The average molecular weight is 315 g/mol. The van der Waals surface area contributed by atoms with Gasteiger partial charge < -0.3 is 15.7 Å². The van der Waals surface area contributed by atoms with Crippen molar-refractivity contribution in [2.45, 2.75) is 33.3 Å². The molecule has 0 aliphatic carbocycles. The molecule has 0 aliphatic rings. The first kappa shape index (κ1) is 14.8. The molecule has 0 aromatic heterocycles. The lowest BCUT2D eigenvalue weighted by Crippen LogP contribution is -2.20. The maximum atomic E-state index is 8.80. The maximum Gasteiger partial charge on any atom is 0.174 e. The second kappa shape index (κ2) is 6.64. The zero-order valence-corrected chi connectivity index (χ0v) is 12.4. The zero-order chi connectivity index (χ0) is 13.7. The van der Waals surface area contributed by atoms with E-state index in [2.05, 4.69) is 34.9 Å². The summed E-state index contributed by atoms with van der Waals surface area (Å²) in [4.78, 5) is 0. The predicted molar refractivity (Wildman–Crippen MR) is 76.2 cm³/mol. The Bertz CT molecular complexity index is 433. The minimum atomic E-state index is 0.0363. The molecule has 100 valence electrons. The summed E-state index contributed by atoms with van der Waals surface area (Å²) in [7, 11) is 0. The third kappa shape index (κ3) is 3.91. The van der Waals surface area contributed by atoms with E-state index >= 15 is 0 Å². The summed E-state index contributed by atoms with van der Waals surface area (Å²) >= 11 is 3.38. The zero-order valence-electron chi connectivity index (χ0n) is 10.9. The summed E-state index contributed by atoms with van der Waals surface area (Å²) in [5.41, 5.74) is 6.24. The molecule has 0 heterocycles. The van der Waals surface area contributed by atoms with Crippen LogP contribution in [-0.2, 0) is 0 Å². The molecule has 0 radical (unpaired) electrons. The van der Waals surface area contributed by atoms with Gasteiger partial charge in [0.1, 0.15) is 5.75 Å². The molecular weight excluding hydrogens is 296 g/mol. The molecule has 0 saturated heterocycles. The summed E-state index contributed by atoms with van der Waals surface area (Å²) in [6.07, 6.45) is 1.02. The van der Waals surface area contributed by atoms with Crippen molar-refractivity contribution in [3.8, 4) is 5.75 Å². The van der Waals surface area contributed by atoms with Crippen molar-refractivity contribution in [3.63, 3.8) is 0 Å². The minimum absolute atomic E-state index is 0.0363. The van der Waals surface area contributed by atoms with E-state index in [4.69, 9.17) is 15.7 Å². The number of rotatable bonds is 5. The number of ether oxygens (including phenoxy) is 1. The van der Waals surface area contributed by atoms with Gasteiger partial charge in [-0.3, -0.25) is 0 Å². The van der Waals surface area contributed by atoms with Crippen LogP contribution in [0.5, 0.6) is 5.75 Å². The van der Waals surface area contributed by atoms with Crippen LogP contribution in [0, 0.1) is 5.92 Å². The van der Waals surface area contributed by atoms with Crippen molar-refractivity contribution >= 4 is 21.8 Å². The van der Waals surface area contributed by atoms with Crippen molar-refractivity contribution in [2.24, 2.45) is 16.8 Å². The van der Waals surface area contributed by atoms with E-state index in [0.29, 0.717) is 17.2 Å². The summed E-state index contributed by atoms with van der Waals surface area (Å²) < 4.78 is 6.60. The Morgan fingerprint density at radius 2 is 2.11 bits per heavy atom. The standard InChI is InChI=1S/C13H19BrN2O2/c1-8(2)7-9(3)18-11-6-4-5-10(14)12(11)13(15)16-17/h4-6,8-9,17H,7H2,1-3H3,(H2,15,16). The molecule has 4 nitrogen and oxygen atoms in total. The molecular formula is C13H19BrN2O2. The van der Waals surface area contributed by atoms with Crippen molar-refractivity contribution in [1.29, 1.82) is 0 Å². The summed E-state index contributed by atoms with van der Waals surface area (Å²) in [5, 5.41) is 11.8. The molecule has 0 spiro atoms. The van der Waals surface area contributed by atoms with Gasteiger partial charge in [0.15, 0.2) is 5.84 Å². The highest BCUT2D eigenvalue weighted by Gasteiger charge is 2.15. The fourth-order valence-electron chi connectivity index (χ4n) is 1.83. The van der Waals surface area contributed by atoms with Crippen LogP contribution in [0.2, 0.25) is 0 Å². The molecule has 5 heteroatoms. The van der Waals surface area contributed by atoms with Gasteiger partial charge in [-0.05, 0) is 47.3 Å². The molecule has 0 fully saturated rings. The van der Waals surface area contributed by atoms with Crippen molar-refractivity contribution in [1.82, 2.24) is 0 Å². The van der Waals surface area contributed by atoms with Crippen LogP contribution < -0.4 is 10.5 Å². The fraction of sp³-hybridized carbons (Fsp3) is 0.462. The number of hydrogen-bond acceptors (Lipinski definition) is 3. The van der Waals surface area contributed by atoms with Gasteiger partial charge in [-0.2, -0.15) is 0 Å². The molecule has 18 heavy (non-hydrogen) atoms. The predicted octanol–water partition coefficient (Wildman–Crippen LogP) is 3.36. The third-order valence-electron chi connectivity index (χ3n) is 2.47. The summed E-state index contributed by atoms with van der Waals surface area (Å²) in [6.45, 7) is 6.30. The topological polar surface area (TPSA) is 67.8 Å². The quantitative estimate of drug-likeness (QED) is 0.379. The smallest absolute Gasteiger partial charge is 0.174 e. The first-order valence-electron chi connectivity index (χ1n) is 5.88. The van der Waals surface area contributed by atoms with Crippen LogP contribution in [0.15, 0.2) is 27.8 Å². The van der Waals surface area contributed by atoms with Crippen LogP contribution >= 0.6 is 15.9 Å². The highest BCUT2D eigenvalue weighted by Crippen LogP contribution is 2.28. The van der Waals surface area contributed by atoms with Gasteiger partial charge in [0.25, 0.3) is 0 Å². The van der Waals surface area contributed by atoms with E-state index in [9.17, 15) is 0 Å². The molecule has 1 aromatic rings. The number of halogens is 1. The number of nitrogens with zero attached hydrogens (tertiary/aromatic N) is 1. The Kier molecular flexibility index (Phi) is 5.47. The lowest BCUT2D eigenvalue weighted by molar-refractivity contribution is 0.192. The summed E-state index contributed by atoms with van der Waals surface area (Å²) in [6, 6.07) is 5.50. The lowest BCUT2D eigenvalue weighted by atomic mass is 10.1. The van der Waals surface area contributed by atoms with Crippen LogP contribution in [-0.4, -0.2) is 17.1 Å². The van der Waals surface area contributed by atoms with E-state index in [-0.39, 0.29) is 11.9 Å². The van der Waals surface area contributed by atoms with Crippen LogP contribution in [0.4, 0.5) is 0 Å². The van der Waals surface area contributed by atoms with Crippen LogP contribution in [0.1, 0.15) is 32.8 Å². The Morgan fingerprint density at radius 1 is 1.44 bits per heavy atom. The molecule has 0 amide bonds. The van der Waals surface area contributed by atoms with E-state index < -0.39 is 0 Å². The third-order valence-corrected chi connectivity index (χ3v) is 3.13. The average Bonchev–Trinajstić information content (AvgIpc) is 2.27. The molecule has 1 aromatic carbocycles. The Morgan fingerprint density at radius 3 is 2.67 bits per heavy atom. The number of benzene rings is 1. The van der Waals surface area contributed by atoms with Gasteiger partial charge in [0.05, 0.1) is 11.7 Å². The molecule has 1 rings (SSSR count). The highest BCUT2D eigenvalue weighted by molar-refractivity contribution is 9.10. The van der Waals surface area contributed by atoms with Crippen LogP contribution in [0.25, 0.3) is 0 Å². The first-order valence-corrected chi connectivity index (χ1v) is 6.68. The van der Waals surface area contributed by atoms with Gasteiger partial charge in [-0.15, -0.1) is 0 Å². The Balaban J connectivity index is 2.99. The molecule has 3 N–H and O–H groups in total. The molecule has 1 atom stereocenters. The largest absolute Gasteiger partial charge is 0.490 e. The van der Waals surface area contributed by atoms with Gasteiger partial charge in [0.2, 0.25) is 0 Å². The Labute approximate surface area is 116 Å². The van der Waals surface area contributed by atoms with E-state index in [1.165, 1.54) is 0 Å². The van der Waals surface area contributed by atoms with Gasteiger partial charge >= 0.3 is 0 Å². The van der Waals surface area contributed by atoms with Gasteiger partial charge in [-0.1, -0.05) is 25.1 Å². The number of hydrogen-bond donors (Lipinski definition) is 2. The normalized spacial score (nSPS) is 13.7.